The number of piperidine rings is 1. The van der Waals surface area contributed by atoms with Crippen LogP contribution in [0.4, 0.5) is 5.69 Å². The number of fused-ring (bicyclic) bond motifs is 2. The Hall–Kier alpha value is -3.58. The number of pyridine rings is 1. The number of carbonyl (C=O) groups is 1. The summed E-state index contributed by atoms with van der Waals surface area (Å²) in [5, 5.41) is 2.25. The van der Waals surface area contributed by atoms with Gasteiger partial charge in [-0.15, -0.1) is 0 Å². The first-order valence-electron chi connectivity index (χ1n) is 12.5. The van der Waals surface area contributed by atoms with E-state index in [2.05, 4.69) is 45.0 Å². The maximum atomic E-state index is 13.2. The molecular weight excluding hydrogens is 436 g/mol. The third-order valence-electron chi connectivity index (χ3n) is 7.52. The van der Waals surface area contributed by atoms with Crippen LogP contribution in [0.5, 0.6) is 0 Å². The molecule has 178 valence electrons. The zero-order chi connectivity index (χ0) is 23.8. The second-order valence-corrected chi connectivity index (χ2v) is 9.74. The molecule has 1 amide bonds. The van der Waals surface area contributed by atoms with Crippen molar-refractivity contribution in [3.8, 4) is 0 Å². The average Bonchev–Trinajstić information content (AvgIpc) is 2.92. The first kappa shape index (κ1) is 21.9. The van der Waals surface area contributed by atoms with Crippen molar-refractivity contribution < 1.29 is 4.79 Å². The van der Waals surface area contributed by atoms with Crippen LogP contribution in [0.15, 0.2) is 61.1 Å². The number of nitrogens with zero attached hydrogens (tertiary/aromatic N) is 6. The second kappa shape index (κ2) is 9.23. The van der Waals surface area contributed by atoms with E-state index < -0.39 is 0 Å². The van der Waals surface area contributed by atoms with Crippen LogP contribution in [0.25, 0.3) is 21.8 Å². The van der Waals surface area contributed by atoms with Gasteiger partial charge in [0.25, 0.3) is 5.91 Å². The fraction of sp³-hybridized carbons (Fsp3) is 0.357. The Labute approximate surface area is 205 Å². The molecule has 0 spiro atoms. The van der Waals surface area contributed by atoms with Gasteiger partial charge in [-0.25, -0.2) is 9.97 Å². The van der Waals surface area contributed by atoms with Gasteiger partial charge < -0.3 is 14.7 Å². The molecule has 35 heavy (non-hydrogen) atoms. The predicted molar refractivity (Wildman–Crippen MR) is 139 cm³/mol. The fourth-order valence-electron chi connectivity index (χ4n) is 5.35. The second-order valence-electron chi connectivity index (χ2n) is 9.74. The quantitative estimate of drug-likeness (QED) is 0.456. The van der Waals surface area contributed by atoms with Gasteiger partial charge in [0.2, 0.25) is 0 Å². The molecule has 0 N–H and O–H groups in total. The van der Waals surface area contributed by atoms with E-state index in [1.807, 2.05) is 41.4 Å². The summed E-state index contributed by atoms with van der Waals surface area (Å²) in [6.07, 6.45) is 5.40. The number of benzene rings is 2. The number of anilines is 1. The topological polar surface area (TPSA) is 65.5 Å². The molecule has 2 saturated heterocycles. The summed E-state index contributed by atoms with van der Waals surface area (Å²) in [6, 6.07) is 16.3. The molecular formula is C28H30N6O. The summed E-state index contributed by atoms with van der Waals surface area (Å²) in [5.74, 6) is 0.389. The molecule has 4 heterocycles. The Bertz CT molecular complexity index is 1370. The number of hydrogen-bond acceptors (Lipinski definition) is 6. The molecule has 2 aromatic carbocycles. The molecule has 2 fully saturated rings. The molecule has 7 nitrogen and oxygen atoms in total. The average molecular weight is 467 g/mol. The third-order valence-corrected chi connectivity index (χ3v) is 7.52. The van der Waals surface area contributed by atoms with Crippen molar-refractivity contribution in [3.63, 3.8) is 0 Å². The highest BCUT2D eigenvalue weighted by Gasteiger charge is 2.27. The van der Waals surface area contributed by atoms with Crippen molar-refractivity contribution in [2.24, 2.45) is 0 Å². The molecule has 7 heteroatoms. The van der Waals surface area contributed by atoms with E-state index in [-0.39, 0.29) is 11.8 Å². The molecule has 0 radical (unpaired) electrons. The summed E-state index contributed by atoms with van der Waals surface area (Å²) in [4.78, 5) is 33.9. The monoisotopic (exact) mass is 466 g/mol. The summed E-state index contributed by atoms with van der Waals surface area (Å²) < 4.78 is 0. The lowest BCUT2D eigenvalue weighted by atomic mass is 9.92. The lowest BCUT2D eigenvalue weighted by molar-refractivity contribution is 0.0712. The summed E-state index contributed by atoms with van der Waals surface area (Å²) in [6.45, 7) is 5.58. The predicted octanol–water partition coefficient (Wildman–Crippen LogP) is 3.95. The van der Waals surface area contributed by atoms with Crippen LogP contribution in [0.1, 0.15) is 34.8 Å². The number of hydrogen-bond donors (Lipinski definition) is 0. The van der Waals surface area contributed by atoms with Crippen molar-refractivity contribution in [3.05, 3.63) is 72.3 Å². The van der Waals surface area contributed by atoms with Crippen LogP contribution in [0.3, 0.4) is 0 Å². The summed E-state index contributed by atoms with van der Waals surface area (Å²) in [5.41, 5.74) is 4.70. The fourth-order valence-corrected chi connectivity index (χ4v) is 5.35. The molecule has 4 aromatic rings. The zero-order valence-electron chi connectivity index (χ0n) is 20.1. The number of rotatable bonds is 3. The van der Waals surface area contributed by atoms with Crippen LogP contribution in [0, 0.1) is 0 Å². The molecule has 6 rings (SSSR count). The van der Waals surface area contributed by atoms with Gasteiger partial charge in [0.05, 0.1) is 23.1 Å². The van der Waals surface area contributed by atoms with Crippen molar-refractivity contribution in [1.82, 2.24) is 24.8 Å². The van der Waals surface area contributed by atoms with Crippen LogP contribution in [-0.4, -0.2) is 77.0 Å². The smallest absolute Gasteiger partial charge is 0.253 e. The van der Waals surface area contributed by atoms with Gasteiger partial charge in [0, 0.05) is 50.7 Å². The van der Waals surface area contributed by atoms with E-state index in [9.17, 15) is 4.79 Å². The number of amides is 1. The Balaban J connectivity index is 1.17. The van der Waals surface area contributed by atoms with Gasteiger partial charge in [-0.3, -0.25) is 9.78 Å². The third kappa shape index (κ3) is 4.32. The molecule has 2 aromatic heterocycles. The highest BCUT2D eigenvalue weighted by molar-refractivity contribution is 5.98. The number of likely N-dealkylation sites (N-methyl/N-ethyl adjacent to an activating group) is 1. The first-order valence-corrected chi connectivity index (χ1v) is 12.5. The highest BCUT2D eigenvalue weighted by atomic mass is 16.2. The van der Waals surface area contributed by atoms with Gasteiger partial charge in [-0.1, -0.05) is 30.3 Å². The van der Waals surface area contributed by atoms with E-state index in [4.69, 9.17) is 4.98 Å². The zero-order valence-corrected chi connectivity index (χ0v) is 20.1. The molecule has 0 bridgehead atoms. The van der Waals surface area contributed by atoms with Crippen molar-refractivity contribution in [2.75, 3.05) is 51.2 Å². The minimum atomic E-state index is 0.108. The van der Waals surface area contributed by atoms with Crippen LogP contribution in [-0.2, 0) is 0 Å². The number of piperazine rings is 1. The van der Waals surface area contributed by atoms with E-state index in [1.165, 1.54) is 0 Å². The number of likely N-dealkylation sites (tertiary alicyclic amines) is 1. The van der Waals surface area contributed by atoms with Gasteiger partial charge in [-0.05, 0) is 48.9 Å². The highest BCUT2D eigenvalue weighted by Crippen LogP contribution is 2.32. The molecule has 2 aliphatic rings. The minimum absolute atomic E-state index is 0.108. The number of aromatic nitrogens is 3. The minimum Gasteiger partial charge on any atom is -0.368 e. The molecule has 2 aliphatic heterocycles. The van der Waals surface area contributed by atoms with Crippen molar-refractivity contribution >= 4 is 33.4 Å². The summed E-state index contributed by atoms with van der Waals surface area (Å²) >= 11 is 0. The lowest BCUT2D eigenvalue weighted by Crippen LogP contribution is -2.44. The van der Waals surface area contributed by atoms with Crippen molar-refractivity contribution in [2.45, 2.75) is 18.8 Å². The Morgan fingerprint density at radius 3 is 2.43 bits per heavy atom. The normalized spacial score (nSPS) is 17.9. The maximum absolute atomic E-state index is 13.2. The van der Waals surface area contributed by atoms with Crippen molar-refractivity contribution in [1.29, 1.82) is 0 Å². The molecule has 0 saturated carbocycles. The molecule has 0 atom stereocenters. The lowest BCUT2D eigenvalue weighted by Gasteiger charge is -2.34. The Kier molecular flexibility index (Phi) is 5.78. The SMILES string of the molecule is CN1CCN(c2cnc3c(C4CCN(C(=O)c5ccc6ccccc6c5)CC4)ncnc3c2)CC1. The van der Waals surface area contributed by atoms with Crippen LogP contribution < -0.4 is 4.90 Å². The van der Waals surface area contributed by atoms with E-state index in [0.29, 0.717) is 0 Å². The Morgan fingerprint density at radius 2 is 1.63 bits per heavy atom. The van der Waals surface area contributed by atoms with Crippen LogP contribution in [0.2, 0.25) is 0 Å². The van der Waals surface area contributed by atoms with E-state index >= 15 is 0 Å². The van der Waals surface area contributed by atoms with Gasteiger partial charge in [-0.2, -0.15) is 0 Å². The Morgan fingerprint density at radius 1 is 0.857 bits per heavy atom. The maximum Gasteiger partial charge on any atom is 0.253 e. The molecule has 0 unspecified atom stereocenters. The standard InChI is InChI=1S/C28H30N6O/c1-32-12-14-33(15-13-32)24-17-25-27(29-18-24)26(31-19-30-25)21-8-10-34(11-9-21)28(35)23-7-6-20-4-2-3-5-22(20)16-23/h2-7,16-19,21H,8-15H2,1H3. The molecule has 0 aliphatic carbocycles. The van der Waals surface area contributed by atoms with Gasteiger partial charge in [0.1, 0.15) is 11.8 Å². The van der Waals surface area contributed by atoms with E-state index in [1.54, 1.807) is 6.33 Å². The summed E-state index contributed by atoms with van der Waals surface area (Å²) in [7, 11) is 2.16. The van der Waals surface area contributed by atoms with Gasteiger partial charge >= 0.3 is 0 Å². The van der Waals surface area contributed by atoms with Crippen LogP contribution >= 0.6 is 0 Å². The first-order chi connectivity index (χ1) is 17.2. The largest absolute Gasteiger partial charge is 0.368 e. The number of carbonyl (C=O) groups excluding carboxylic acids is 1. The van der Waals surface area contributed by atoms with Gasteiger partial charge in [0.15, 0.2) is 0 Å². The van der Waals surface area contributed by atoms with E-state index in [0.717, 1.165) is 90.9 Å².